The van der Waals surface area contributed by atoms with E-state index in [-0.39, 0.29) is 11.1 Å². The van der Waals surface area contributed by atoms with Crippen molar-refractivity contribution in [3.05, 3.63) is 54.4 Å². The Kier molecular flexibility index (Phi) is 4.43. The highest BCUT2D eigenvalue weighted by Gasteiger charge is 2.35. The summed E-state index contributed by atoms with van der Waals surface area (Å²) in [5.41, 5.74) is 0.628. The molecule has 0 spiro atoms. The van der Waals surface area contributed by atoms with Crippen LogP contribution in [-0.2, 0) is 16.9 Å². The first-order valence-corrected chi connectivity index (χ1v) is 10.4. The van der Waals surface area contributed by atoms with Crippen LogP contribution in [0.4, 0.5) is 0 Å². The van der Waals surface area contributed by atoms with E-state index in [1.807, 2.05) is 42.5 Å². The maximum atomic E-state index is 12.8. The van der Waals surface area contributed by atoms with Crippen LogP contribution in [-0.4, -0.2) is 52.3 Å². The summed E-state index contributed by atoms with van der Waals surface area (Å²) in [4.78, 5) is 14.6. The van der Waals surface area contributed by atoms with E-state index in [1.54, 1.807) is 11.9 Å². The highest BCUT2D eigenvalue weighted by atomic mass is 32.2. The molecule has 0 atom stereocenters. The maximum absolute atomic E-state index is 12.8. The molecule has 1 aromatic heterocycles. The number of fused-ring (bicyclic) bond motifs is 1. The molecule has 1 saturated heterocycles. The standard InChI is InChI=1S/C19H20N4O3S/c1-22-13-20-21-19(22)27(25,26)17-8-10-23(11-9-17)18(24)16-7-6-14-4-2-3-5-15(14)12-16/h2-7,12-13,17H,8-11H2,1H3. The van der Waals surface area contributed by atoms with Crippen molar-refractivity contribution >= 4 is 26.5 Å². The first-order chi connectivity index (χ1) is 13.0. The highest BCUT2D eigenvalue weighted by Crippen LogP contribution is 2.24. The summed E-state index contributed by atoms with van der Waals surface area (Å²) in [6.45, 7) is 0.820. The minimum absolute atomic E-state index is 0.0122. The number of nitrogens with zero attached hydrogens (tertiary/aromatic N) is 4. The van der Waals surface area contributed by atoms with Crippen molar-refractivity contribution in [1.29, 1.82) is 0 Å². The highest BCUT2D eigenvalue weighted by molar-refractivity contribution is 7.91. The molecule has 27 heavy (non-hydrogen) atoms. The van der Waals surface area contributed by atoms with Crippen molar-refractivity contribution in [2.75, 3.05) is 13.1 Å². The molecule has 0 radical (unpaired) electrons. The third kappa shape index (κ3) is 3.21. The predicted octanol–water partition coefficient (Wildman–Crippen LogP) is 2.05. The van der Waals surface area contributed by atoms with Crippen LogP contribution in [0.15, 0.2) is 53.9 Å². The fourth-order valence-corrected chi connectivity index (χ4v) is 5.29. The van der Waals surface area contributed by atoms with E-state index in [2.05, 4.69) is 10.2 Å². The Hall–Kier alpha value is -2.74. The maximum Gasteiger partial charge on any atom is 0.253 e. The van der Waals surface area contributed by atoms with E-state index in [9.17, 15) is 13.2 Å². The van der Waals surface area contributed by atoms with Gasteiger partial charge in [0.15, 0.2) is 0 Å². The molecule has 0 N–H and O–H groups in total. The molecule has 1 amide bonds. The summed E-state index contributed by atoms with van der Waals surface area (Å²) < 4.78 is 26.9. The van der Waals surface area contributed by atoms with E-state index in [4.69, 9.17) is 0 Å². The molecule has 7 nitrogen and oxygen atoms in total. The number of benzene rings is 2. The zero-order chi connectivity index (χ0) is 19.0. The molecule has 0 unspecified atom stereocenters. The number of likely N-dealkylation sites (tertiary alicyclic amines) is 1. The Bertz CT molecular complexity index is 1100. The third-order valence-corrected chi connectivity index (χ3v) is 7.32. The molecule has 1 aliphatic rings. The number of carbonyl (C=O) groups excluding carboxylic acids is 1. The van der Waals surface area contributed by atoms with Crippen LogP contribution in [0.3, 0.4) is 0 Å². The summed E-state index contributed by atoms with van der Waals surface area (Å²) >= 11 is 0. The average molecular weight is 384 g/mol. The SMILES string of the molecule is Cn1cnnc1S(=O)(=O)C1CCN(C(=O)c2ccc3ccccc3c2)CC1. The molecule has 0 aliphatic carbocycles. The average Bonchev–Trinajstić information content (AvgIpc) is 3.14. The first kappa shape index (κ1) is 17.7. The number of sulfone groups is 1. The Morgan fingerprint density at radius 1 is 1.07 bits per heavy atom. The topological polar surface area (TPSA) is 85.2 Å². The van der Waals surface area contributed by atoms with Crippen molar-refractivity contribution in [1.82, 2.24) is 19.7 Å². The second-order valence-corrected chi connectivity index (χ2v) is 8.94. The summed E-state index contributed by atoms with van der Waals surface area (Å²) in [5.74, 6) is -0.0599. The quantitative estimate of drug-likeness (QED) is 0.690. The monoisotopic (exact) mass is 384 g/mol. The first-order valence-electron chi connectivity index (χ1n) is 8.83. The Morgan fingerprint density at radius 3 is 2.44 bits per heavy atom. The summed E-state index contributed by atoms with van der Waals surface area (Å²) in [5, 5.41) is 8.95. The summed E-state index contributed by atoms with van der Waals surface area (Å²) in [6.07, 6.45) is 2.17. The van der Waals surface area contributed by atoms with Crippen LogP contribution in [0.1, 0.15) is 23.2 Å². The van der Waals surface area contributed by atoms with Crippen LogP contribution in [0.2, 0.25) is 0 Å². The number of hydrogen-bond donors (Lipinski definition) is 0. The van der Waals surface area contributed by atoms with Gasteiger partial charge in [0, 0.05) is 25.7 Å². The second-order valence-electron chi connectivity index (χ2n) is 6.82. The minimum atomic E-state index is -3.54. The van der Waals surface area contributed by atoms with Gasteiger partial charge in [-0.05, 0) is 35.7 Å². The molecule has 2 heterocycles. The lowest BCUT2D eigenvalue weighted by atomic mass is 10.0. The van der Waals surface area contributed by atoms with Crippen LogP contribution < -0.4 is 0 Å². The van der Waals surface area contributed by atoms with Crippen LogP contribution in [0, 0.1) is 0 Å². The molecule has 1 fully saturated rings. The van der Waals surface area contributed by atoms with Crippen LogP contribution in [0.25, 0.3) is 10.8 Å². The van der Waals surface area contributed by atoms with Gasteiger partial charge in [-0.1, -0.05) is 30.3 Å². The van der Waals surface area contributed by atoms with E-state index in [0.29, 0.717) is 31.5 Å². The molecule has 8 heteroatoms. The van der Waals surface area contributed by atoms with Crippen molar-refractivity contribution in [3.8, 4) is 0 Å². The number of piperidine rings is 1. The molecule has 140 valence electrons. The van der Waals surface area contributed by atoms with E-state index >= 15 is 0 Å². The Labute approximate surface area is 157 Å². The van der Waals surface area contributed by atoms with Gasteiger partial charge in [-0.2, -0.15) is 0 Å². The van der Waals surface area contributed by atoms with Crippen LogP contribution >= 0.6 is 0 Å². The molecular formula is C19H20N4O3S. The van der Waals surface area contributed by atoms with E-state index in [0.717, 1.165) is 10.8 Å². The number of carbonyl (C=O) groups is 1. The van der Waals surface area contributed by atoms with Gasteiger partial charge in [-0.15, -0.1) is 10.2 Å². The van der Waals surface area contributed by atoms with Gasteiger partial charge in [-0.25, -0.2) is 8.42 Å². The summed E-state index contributed by atoms with van der Waals surface area (Å²) in [6, 6.07) is 13.5. The van der Waals surface area contributed by atoms with Gasteiger partial charge in [0.2, 0.25) is 15.0 Å². The molecule has 4 rings (SSSR count). The zero-order valence-electron chi connectivity index (χ0n) is 14.9. The number of aryl methyl sites for hydroxylation is 1. The van der Waals surface area contributed by atoms with Crippen molar-refractivity contribution < 1.29 is 13.2 Å². The number of amides is 1. The second kappa shape index (κ2) is 6.77. The van der Waals surface area contributed by atoms with Gasteiger partial charge in [0.25, 0.3) is 5.91 Å². The number of hydrogen-bond acceptors (Lipinski definition) is 5. The summed E-state index contributed by atoms with van der Waals surface area (Å²) in [7, 11) is -1.92. The van der Waals surface area contributed by atoms with Gasteiger partial charge in [-0.3, -0.25) is 4.79 Å². The Morgan fingerprint density at radius 2 is 1.78 bits per heavy atom. The lowest BCUT2D eigenvalue weighted by Gasteiger charge is -2.31. The smallest absolute Gasteiger partial charge is 0.253 e. The normalized spacial score (nSPS) is 16.0. The molecule has 1 aliphatic heterocycles. The van der Waals surface area contributed by atoms with Crippen LogP contribution in [0.5, 0.6) is 0 Å². The van der Waals surface area contributed by atoms with Gasteiger partial charge in [0.1, 0.15) is 6.33 Å². The zero-order valence-corrected chi connectivity index (χ0v) is 15.8. The van der Waals surface area contributed by atoms with Crippen molar-refractivity contribution in [2.24, 2.45) is 7.05 Å². The fraction of sp³-hybridized carbons (Fsp3) is 0.316. The number of aromatic nitrogens is 3. The van der Waals surface area contributed by atoms with Gasteiger partial charge >= 0.3 is 0 Å². The molecule has 3 aromatic rings. The molecule has 0 bridgehead atoms. The van der Waals surface area contributed by atoms with E-state index < -0.39 is 15.1 Å². The Balaban J connectivity index is 1.48. The minimum Gasteiger partial charge on any atom is -0.339 e. The molecule has 0 saturated carbocycles. The van der Waals surface area contributed by atoms with Gasteiger partial charge in [0.05, 0.1) is 5.25 Å². The lowest BCUT2D eigenvalue weighted by molar-refractivity contribution is 0.0725. The largest absolute Gasteiger partial charge is 0.339 e. The molecular weight excluding hydrogens is 364 g/mol. The fourth-order valence-electron chi connectivity index (χ4n) is 3.55. The van der Waals surface area contributed by atoms with E-state index in [1.165, 1.54) is 10.9 Å². The molecule has 2 aromatic carbocycles. The lowest BCUT2D eigenvalue weighted by Crippen LogP contribution is -2.42. The van der Waals surface area contributed by atoms with Crippen molar-refractivity contribution in [3.63, 3.8) is 0 Å². The third-order valence-electron chi connectivity index (χ3n) is 5.09. The van der Waals surface area contributed by atoms with Crippen molar-refractivity contribution in [2.45, 2.75) is 23.2 Å². The predicted molar refractivity (Wildman–Crippen MR) is 101 cm³/mol. The van der Waals surface area contributed by atoms with Gasteiger partial charge < -0.3 is 9.47 Å². The number of rotatable bonds is 3.